The summed E-state index contributed by atoms with van der Waals surface area (Å²) in [5, 5.41) is 0. The molecule has 1 aromatic rings. The van der Waals surface area contributed by atoms with E-state index in [4.69, 9.17) is 0 Å². The molecular formula is C14H19FO. The molecule has 0 unspecified atom stereocenters. The van der Waals surface area contributed by atoms with Crippen molar-refractivity contribution < 1.29 is 9.18 Å². The fourth-order valence-corrected chi connectivity index (χ4v) is 1.81. The third kappa shape index (κ3) is 2.91. The van der Waals surface area contributed by atoms with Crippen LogP contribution in [0.5, 0.6) is 0 Å². The molecule has 0 aromatic heterocycles. The molecule has 88 valence electrons. The Labute approximate surface area is 96.7 Å². The quantitative estimate of drug-likeness (QED) is 0.684. The van der Waals surface area contributed by atoms with E-state index in [-0.39, 0.29) is 17.2 Å². The highest BCUT2D eigenvalue weighted by Gasteiger charge is 2.16. The molecule has 0 saturated carbocycles. The lowest BCUT2D eigenvalue weighted by molar-refractivity contribution is 0.0954. The number of halogens is 1. The minimum absolute atomic E-state index is 0.0742. The number of aryl methyl sites for hydroxylation is 1. The van der Waals surface area contributed by atoms with Crippen LogP contribution >= 0.6 is 0 Å². The van der Waals surface area contributed by atoms with E-state index in [2.05, 4.69) is 13.8 Å². The van der Waals surface area contributed by atoms with E-state index in [9.17, 15) is 9.18 Å². The molecule has 1 rings (SSSR count). The van der Waals surface area contributed by atoms with Crippen LogP contribution in [-0.4, -0.2) is 5.78 Å². The maximum atomic E-state index is 13.7. The number of carbonyl (C=O) groups excluding carboxylic acids is 1. The van der Waals surface area contributed by atoms with Crippen molar-refractivity contribution in [3.63, 3.8) is 0 Å². The Balaban J connectivity index is 2.84. The summed E-state index contributed by atoms with van der Waals surface area (Å²) in [5.41, 5.74) is 0.780. The van der Waals surface area contributed by atoms with Crippen molar-refractivity contribution in [2.75, 3.05) is 0 Å². The second-order valence-electron chi connectivity index (χ2n) is 4.25. The van der Waals surface area contributed by atoms with Gasteiger partial charge in [-0.15, -0.1) is 0 Å². The van der Waals surface area contributed by atoms with Gasteiger partial charge in [0.2, 0.25) is 0 Å². The Bertz CT molecular complexity index is 367. The largest absolute Gasteiger partial charge is 0.294 e. The van der Waals surface area contributed by atoms with Crippen LogP contribution in [0.15, 0.2) is 18.2 Å². The molecule has 0 fully saturated rings. The van der Waals surface area contributed by atoms with Gasteiger partial charge in [0.15, 0.2) is 5.78 Å². The van der Waals surface area contributed by atoms with Gasteiger partial charge in [0.05, 0.1) is 5.56 Å². The standard InChI is InChI=1S/C14H19FO/c1-4-11(5-2)9-13(16)12-8-6-7-10(3)14(12)15/h6-8,11H,4-5,9H2,1-3H3. The summed E-state index contributed by atoms with van der Waals surface area (Å²) in [5.74, 6) is -0.0687. The molecule has 0 heterocycles. The van der Waals surface area contributed by atoms with Crippen LogP contribution in [-0.2, 0) is 0 Å². The maximum Gasteiger partial charge on any atom is 0.166 e. The van der Waals surface area contributed by atoms with Crippen molar-refractivity contribution >= 4 is 5.78 Å². The summed E-state index contributed by atoms with van der Waals surface area (Å²) >= 11 is 0. The number of hydrogen-bond donors (Lipinski definition) is 0. The zero-order valence-corrected chi connectivity index (χ0v) is 10.2. The van der Waals surface area contributed by atoms with Gasteiger partial charge < -0.3 is 0 Å². The van der Waals surface area contributed by atoms with Crippen LogP contribution in [0, 0.1) is 18.7 Å². The smallest absolute Gasteiger partial charge is 0.166 e. The Morgan fingerprint density at radius 1 is 1.31 bits per heavy atom. The molecule has 0 aliphatic carbocycles. The summed E-state index contributed by atoms with van der Waals surface area (Å²) in [6.45, 7) is 5.81. The van der Waals surface area contributed by atoms with Crippen LogP contribution in [0.1, 0.15) is 49.0 Å². The van der Waals surface area contributed by atoms with E-state index >= 15 is 0 Å². The molecule has 0 N–H and O–H groups in total. The average molecular weight is 222 g/mol. The zero-order chi connectivity index (χ0) is 12.1. The van der Waals surface area contributed by atoms with Crippen LogP contribution in [0.25, 0.3) is 0 Å². The molecule has 0 saturated heterocycles. The topological polar surface area (TPSA) is 17.1 Å². The molecule has 2 heteroatoms. The van der Waals surface area contributed by atoms with Crippen molar-refractivity contribution in [3.8, 4) is 0 Å². The van der Waals surface area contributed by atoms with E-state index in [0.29, 0.717) is 17.9 Å². The lowest BCUT2D eigenvalue weighted by Gasteiger charge is -2.11. The van der Waals surface area contributed by atoms with Crippen LogP contribution < -0.4 is 0 Å². The lowest BCUT2D eigenvalue weighted by atomic mass is 9.93. The molecule has 1 nitrogen and oxygen atoms in total. The van der Waals surface area contributed by atoms with Crippen molar-refractivity contribution in [1.82, 2.24) is 0 Å². The third-order valence-corrected chi connectivity index (χ3v) is 3.12. The van der Waals surface area contributed by atoms with E-state index in [1.54, 1.807) is 25.1 Å². The third-order valence-electron chi connectivity index (χ3n) is 3.12. The molecule has 0 spiro atoms. The summed E-state index contributed by atoms with van der Waals surface area (Å²) in [4.78, 5) is 11.9. The first-order valence-electron chi connectivity index (χ1n) is 5.88. The van der Waals surface area contributed by atoms with Crippen LogP contribution in [0.4, 0.5) is 4.39 Å². The Hall–Kier alpha value is -1.18. The van der Waals surface area contributed by atoms with Crippen molar-refractivity contribution in [2.24, 2.45) is 5.92 Å². The molecular weight excluding hydrogens is 203 g/mol. The highest BCUT2D eigenvalue weighted by Crippen LogP contribution is 2.19. The molecule has 1 aromatic carbocycles. The normalized spacial score (nSPS) is 10.8. The highest BCUT2D eigenvalue weighted by molar-refractivity contribution is 5.96. The minimum atomic E-state index is -0.363. The molecule has 0 bridgehead atoms. The number of ketones is 1. The zero-order valence-electron chi connectivity index (χ0n) is 10.2. The van der Waals surface area contributed by atoms with Gasteiger partial charge >= 0.3 is 0 Å². The summed E-state index contributed by atoms with van der Waals surface area (Å²) in [6, 6.07) is 4.99. The molecule has 0 aliphatic rings. The Morgan fingerprint density at radius 3 is 2.50 bits per heavy atom. The first-order chi connectivity index (χ1) is 7.60. The van der Waals surface area contributed by atoms with Crippen LogP contribution in [0.2, 0.25) is 0 Å². The fourth-order valence-electron chi connectivity index (χ4n) is 1.81. The summed E-state index contributed by atoms with van der Waals surface area (Å²) < 4.78 is 13.7. The Kier molecular flexibility index (Phi) is 4.66. The summed E-state index contributed by atoms with van der Waals surface area (Å²) in [6.07, 6.45) is 2.39. The van der Waals surface area contributed by atoms with Gasteiger partial charge in [0, 0.05) is 6.42 Å². The number of benzene rings is 1. The molecule has 16 heavy (non-hydrogen) atoms. The van der Waals surface area contributed by atoms with Crippen LogP contribution in [0.3, 0.4) is 0 Å². The molecule has 0 radical (unpaired) electrons. The average Bonchev–Trinajstić information content (AvgIpc) is 2.29. The van der Waals surface area contributed by atoms with E-state index in [1.165, 1.54) is 0 Å². The van der Waals surface area contributed by atoms with Gasteiger partial charge in [-0.25, -0.2) is 4.39 Å². The van der Waals surface area contributed by atoms with Crippen molar-refractivity contribution in [1.29, 1.82) is 0 Å². The number of hydrogen-bond acceptors (Lipinski definition) is 1. The van der Waals surface area contributed by atoms with Gasteiger partial charge in [-0.2, -0.15) is 0 Å². The molecule has 0 atom stereocenters. The van der Waals surface area contributed by atoms with Crippen molar-refractivity contribution in [3.05, 3.63) is 35.1 Å². The number of carbonyl (C=O) groups is 1. The first kappa shape index (κ1) is 12.9. The van der Waals surface area contributed by atoms with E-state index in [1.807, 2.05) is 0 Å². The Morgan fingerprint density at radius 2 is 1.94 bits per heavy atom. The predicted molar refractivity (Wildman–Crippen MR) is 64.2 cm³/mol. The predicted octanol–water partition coefficient (Wildman–Crippen LogP) is 4.14. The second kappa shape index (κ2) is 5.78. The maximum absolute atomic E-state index is 13.7. The highest BCUT2D eigenvalue weighted by atomic mass is 19.1. The minimum Gasteiger partial charge on any atom is -0.294 e. The van der Waals surface area contributed by atoms with E-state index < -0.39 is 0 Å². The van der Waals surface area contributed by atoms with Gasteiger partial charge in [-0.3, -0.25) is 4.79 Å². The first-order valence-corrected chi connectivity index (χ1v) is 5.88. The SMILES string of the molecule is CCC(CC)CC(=O)c1cccc(C)c1F. The monoisotopic (exact) mass is 222 g/mol. The second-order valence-corrected chi connectivity index (χ2v) is 4.25. The lowest BCUT2D eigenvalue weighted by Crippen LogP contribution is -2.09. The van der Waals surface area contributed by atoms with Gasteiger partial charge in [0.1, 0.15) is 5.82 Å². The van der Waals surface area contributed by atoms with Gasteiger partial charge in [-0.1, -0.05) is 38.8 Å². The van der Waals surface area contributed by atoms with Crippen molar-refractivity contribution in [2.45, 2.75) is 40.0 Å². The summed E-state index contributed by atoms with van der Waals surface area (Å²) in [7, 11) is 0. The molecule has 0 amide bonds. The molecule has 0 aliphatic heterocycles. The number of rotatable bonds is 5. The number of Topliss-reactive ketones (excluding diaryl/α,β-unsaturated/α-hetero) is 1. The van der Waals surface area contributed by atoms with Gasteiger partial charge in [-0.05, 0) is 24.5 Å². The van der Waals surface area contributed by atoms with Gasteiger partial charge in [0.25, 0.3) is 0 Å². The fraction of sp³-hybridized carbons (Fsp3) is 0.500. The van der Waals surface area contributed by atoms with E-state index in [0.717, 1.165) is 12.8 Å².